The molecule has 0 bridgehead atoms. The van der Waals surface area contributed by atoms with Crippen LogP contribution in [0, 0.1) is 11.8 Å². The van der Waals surface area contributed by atoms with E-state index in [-0.39, 0.29) is 17.9 Å². The summed E-state index contributed by atoms with van der Waals surface area (Å²) in [7, 11) is 0. The standard InChI is InChI=1S/C17H21NO3/c1-11-10-12-6-2-5-9-15(12)18(11)16(19)13-7-3-4-8-14(13)17(20)21/h2,5-6,9,11,13-14H,3-4,7-8,10H2,1H3,(H,20,21)/t11-,13+,14-/m0/s1. The predicted octanol–water partition coefficient (Wildman–Crippen LogP) is 2.86. The highest BCUT2D eigenvalue weighted by Crippen LogP contribution is 2.37. The number of amides is 1. The molecule has 3 rings (SSSR count). The van der Waals surface area contributed by atoms with Gasteiger partial charge in [0.2, 0.25) is 5.91 Å². The first-order valence-corrected chi connectivity index (χ1v) is 7.73. The van der Waals surface area contributed by atoms with Gasteiger partial charge >= 0.3 is 5.97 Å². The van der Waals surface area contributed by atoms with Crippen LogP contribution in [0.4, 0.5) is 5.69 Å². The van der Waals surface area contributed by atoms with E-state index in [9.17, 15) is 14.7 Å². The Morgan fingerprint density at radius 2 is 1.81 bits per heavy atom. The van der Waals surface area contributed by atoms with Gasteiger partial charge in [0.05, 0.1) is 11.8 Å². The molecule has 3 atom stereocenters. The molecular weight excluding hydrogens is 266 g/mol. The molecule has 112 valence electrons. The minimum absolute atomic E-state index is 0.000417. The number of carboxylic acids is 1. The maximum atomic E-state index is 13.0. The number of hydrogen-bond acceptors (Lipinski definition) is 2. The van der Waals surface area contributed by atoms with Crippen molar-refractivity contribution in [1.82, 2.24) is 0 Å². The molecule has 1 aliphatic heterocycles. The average molecular weight is 287 g/mol. The predicted molar refractivity (Wildman–Crippen MR) is 80.2 cm³/mol. The van der Waals surface area contributed by atoms with Crippen molar-refractivity contribution in [3.8, 4) is 0 Å². The van der Waals surface area contributed by atoms with Crippen LogP contribution in [0.1, 0.15) is 38.2 Å². The number of para-hydroxylation sites is 1. The van der Waals surface area contributed by atoms with E-state index < -0.39 is 11.9 Å². The lowest BCUT2D eigenvalue weighted by molar-refractivity contribution is -0.148. The third-order valence-electron chi connectivity index (χ3n) is 4.85. The second-order valence-corrected chi connectivity index (χ2v) is 6.23. The van der Waals surface area contributed by atoms with Crippen molar-refractivity contribution in [2.24, 2.45) is 11.8 Å². The molecule has 1 fully saturated rings. The van der Waals surface area contributed by atoms with E-state index in [1.165, 1.54) is 5.56 Å². The van der Waals surface area contributed by atoms with Crippen LogP contribution in [-0.4, -0.2) is 23.0 Å². The summed E-state index contributed by atoms with van der Waals surface area (Å²) in [6, 6.07) is 8.06. The number of carboxylic acid groups (broad SMARTS) is 1. The molecule has 1 saturated carbocycles. The van der Waals surface area contributed by atoms with Gasteiger partial charge in [-0.05, 0) is 37.8 Å². The summed E-state index contributed by atoms with van der Waals surface area (Å²) in [6.45, 7) is 2.04. The Kier molecular flexibility index (Phi) is 3.70. The van der Waals surface area contributed by atoms with Crippen molar-refractivity contribution < 1.29 is 14.7 Å². The molecule has 0 radical (unpaired) electrons. The average Bonchev–Trinajstić information content (AvgIpc) is 2.82. The second-order valence-electron chi connectivity index (χ2n) is 6.23. The molecule has 1 heterocycles. The van der Waals surface area contributed by atoms with Crippen molar-refractivity contribution in [2.45, 2.75) is 45.1 Å². The van der Waals surface area contributed by atoms with E-state index >= 15 is 0 Å². The van der Waals surface area contributed by atoms with Gasteiger partial charge in [-0.2, -0.15) is 0 Å². The molecule has 1 amide bonds. The van der Waals surface area contributed by atoms with Crippen LogP contribution in [0.3, 0.4) is 0 Å². The minimum Gasteiger partial charge on any atom is -0.481 e. The fourth-order valence-electron chi connectivity index (χ4n) is 3.80. The van der Waals surface area contributed by atoms with Crippen LogP contribution >= 0.6 is 0 Å². The summed E-state index contributed by atoms with van der Waals surface area (Å²) in [4.78, 5) is 26.2. The number of nitrogens with zero attached hydrogens (tertiary/aromatic N) is 1. The molecule has 2 aliphatic rings. The van der Waals surface area contributed by atoms with Gasteiger partial charge in [-0.1, -0.05) is 31.0 Å². The maximum Gasteiger partial charge on any atom is 0.307 e. The van der Waals surface area contributed by atoms with Crippen LogP contribution in [0.2, 0.25) is 0 Å². The number of carbonyl (C=O) groups excluding carboxylic acids is 1. The summed E-state index contributed by atoms with van der Waals surface area (Å²) in [5.74, 6) is -1.72. The zero-order chi connectivity index (χ0) is 15.0. The number of hydrogen-bond donors (Lipinski definition) is 1. The van der Waals surface area contributed by atoms with Crippen LogP contribution in [0.25, 0.3) is 0 Å². The second kappa shape index (κ2) is 5.51. The van der Waals surface area contributed by atoms with Gasteiger partial charge in [-0.15, -0.1) is 0 Å². The topological polar surface area (TPSA) is 57.6 Å². The number of fused-ring (bicyclic) bond motifs is 1. The summed E-state index contributed by atoms with van der Waals surface area (Å²) in [5.41, 5.74) is 2.14. The largest absolute Gasteiger partial charge is 0.481 e. The minimum atomic E-state index is -0.826. The Morgan fingerprint density at radius 3 is 2.52 bits per heavy atom. The molecular formula is C17H21NO3. The normalized spacial score (nSPS) is 28.2. The molecule has 4 heteroatoms. The van der Waals surface area contributed by atoms with E-state index in [1.807, 2.05) is 30.0 Å². The quantitative estimate of drug-likeness (QED) is 0.910. The zero-order valence-electron chi connectivity index (χ0n) is 12.3. The Hall–Kier alpha value is -1.84. The third-order valence-corrected chi connectivity index (χ3v) is 4.85. The van der Waals surface area contributed by atoms with Gasteiger partial charge in [0, 0.05) is 11.7 Å². The Labute approximate surface area is 124 Å². The zero-order valence-corrected chi connectivity index (χ0v) is 12.3. The first kappa shape index (κ1) is 14.1. The molecule has 1 aliphatic carbocycles. The van der Waals surface area contributed by atoms with Gasteiger partial charge in [-0.3, -0.25) is 9.59 Å². The van der Waals surface area contributed by atoms with Gasteiger partial charge in [0.1, 0.15) is 0 Å². The lowest BCUT2D eigenvalue weighted by Gasteiger charge is -2.33. The van der Waals surface area contributed by atoms with E-state index in [1.54, 1.807) is 0 Å². The highest BCUT2D eigenvalue weighted by Gasteiger charge is 2.41. The van der Waals surface area contributed by atoms with E-state index in [0.717, 1.165) is 24.9 Å². The van der Waals surface area contributed by atoms with Crippen LogP contribution < -0.4 is 4.90 Å². The third kappa shape index (κ3) is 2.43. The Bertz CT molecular complexity index is 569. The lowest BCUT2D eigenvalue weighted by Crippen LogP contribution is -2.45. The van der Waals surface area contributed by atoms with Crippen molar-refractivity contribution in [3.05, 3.63) is 29.8 Å². The maximum absolute atomic E-state index is 13.0. The number of aliphatic carboxylic acids is 1. The van der Waals surface area contributed by atoms with Crippen LogP contribution in [0.15, 0.2) is 24.3 Å². The molecule has 21 heavy (non-hydrogen) atoms. The Balaban J connectivity index is 1.89. The number of rotatable bonds is 2. The summed E-state index contributed by atoms with van der Waals surface area (Å²) in [6.07, 6.45) is 4.03. The number of anilines is 1. The van der Waals surface area contributed by atoms with Gasteiger partial charge in [0.25, 0.3) is 0 Å². The monoisotopic (exact) mass is 287 g/mol. The molecule has 0 aromatic heterocycles. The molecule has 1 aromatic rings. The van der Waals surface area contributed by atoms with Gasteiger partial charge < -0.3 is 10.0 Å². The van der Waals surface area contributed by atoms with E-state index in [2.05, 4.69) is 6.07 Å². The first-order chi connectivity index (χ1) is 10.1. The van der Waals surface area contributed by atoms with Crippen molar-refractivity contribution in [2.75, 3.05) is 4.90 Å². The van der Waals surface area contributed by atoms with Gasteiger partial charge in [-0.25, -0.2) is 0 Å². The van der Waals surface area contributed by atoms with Gasteiger partial charge in [0.15, 0.2) is 0 Å². The summed E-state index contributed by atoms with van der Waals surface area (Å²) >= 11 is 0. The molecule has 0 saturated heterocycles. The van der Waals surface area contributed by atoms with Crippen molar-refractivity contribution >= 4 is 17.6 Å². The fourth-order valence-corrected chi connectivity index (χ4v) is 3.80. The van der Waals surface area contributed by atoms with Crippen molar-refractivity contribution in [1.29, 1.82) is 0 Å². The summed E-state index contributed by atoms with van der Waals surface area (Å²) in [5, 5.41) is 9.39. The highest BCUT2D eigenvalue weighted by atomic mass is 16.4. The fraction of sp³-hybridized carbons (Fsp3) is 0.529. The lowest BCUT2D eigenvalue weighted by atomic mass is 9.78. The molecule has 4 nitrogen and oxygen atoms in total. The highest BCUT2D eigenvalue weighted by molar-refractivity contribution is 5.99. The number of carbonyl (C=O) groups is 2. The SMILES string of the molecule is C[C@H]1Cc2ccccc2N1C(=O)[C@@H]1CCCC[C@@H]1C(=O)O. The number of benzene rings is 1. The molecule has 1 aromatic carbocycles. The first-order valence-electron chi connectivity index (χ1n) is 7.73. The molecule has 0 spiro atoms. The van der Waals surface area contributed by atoms with Crippen LogP contribution in [-0.2, 0) is 16.0 Å². The van der Waals surface area contributed by atoms with Crippen LogP contribution in [0.5, 0.6) is 0 Å². The molecule has 1 N–H and O–H groups in total. The summed E-state index contributed by atoms with van der Waals surface area (Å²) < 4.78 is 0. The smallest absolute Gasteiger partial charge is 0.307 e. The molecule has 0 unspecified atom stereocenters. The van der Waals surface area contributed by atoms with E-state index in [4.69, 9.17) is 0 Å². The van der Waals surface area contributed by atoms with E-state index in [0.29, 0.717) is 12.8 Å². The van der Waals surface area contributed by atoms with Crippen molar-refractivity contribution in [3.63, 3.8) is 0 Å². The Morgan fingerprint density at radius 1 is 1.14 bits per heavy atom.